The summed E-state index contributed by atoms with van der Waals surface area (Å²) < 4.78 is 0. The van der Waals surface area contributed by atoms with E-state index in [0.29, 0.717) is 30.0 Å². The second-order valence-electron chi connectivity index (χ2n) is 9.83. The number of nitrogens with one attached hydrogen (secondary N) is 2. The fourth-order valence-corrected chi connectivity index (χ4v) is 6.54. The lowest BCUT2D eigenvalue weighted by molar-refractivity contribution is 0.0956. The Balaban J connectivity index is 1.39. The van der Waals surface area contributed by atoms with Gasteiger partial charge in [0.15, 0.2) is 0 Å². The highest BCUT2D eigenvalue weighted by Gasteiger charge is 2.39. The van der Waals surface area contributed by atoms with Gasteiger partial charge >= 0.3 is 0 Å². The summed E-state index contributed by atoms with van der Waals surface area (Å²) in [6.45, 7) is 3.59. The number of thiophene rings is 1. The Labute approximate surface area is 220 Å². The lowest BCUT2D eigenvalue weighted by atomic mass is 9.85. The zero-order chi connectivity index (χ0) is 25.2. The number of aromatic amines is 1. The maximum absolute atomic E-state index is 12.4. The van der Waals surface area contributed by atoms with Crippen molar-refractivity contribution in [1.82, 2.24) is 30.8 Å². The van der Waals surface area contributed by atoms with E-state index in [1.807, 2.05) is 25.1 Å². The predicted octanol–water partition coefficient (Wildman–Crippen LogP) is 5.31. The third-order valence-corrected chi connectivity index (χ3v) is 8.29. The summed E-state index contributed by atoms with van der Waals surface area (Å²) >= 11 is 1.78. The number of benzene rings is 2. The number of amides is 1. The van der Waals surface area contributed by atoms with Crippen LogP contribution in [0.4, 0.5) is 0 Å². The minimum Gasteiger partial charge on any atom is -0.352 e. The number of H-pyrrole nitrogens is 1. The van der Waals surface area contributed by atoms with Crippen LogP contribution in [0, 0.1) is 0 Å². The van der Waals surface area contributed by atoms with E-state index in [1.165, 1.54) is 29.6 Å². The monoisotopic (exact) mass is 510 g/mol. The molecule has 2 aromatic heterocycles. The van der Waals surface area contributed by atoms with Crippen molar-refractivity contribution < 1.29 is 4.79 Å². The average molecular weight is 511 g/mol. The molecule has 2 aromatic carbocycles. The molecule has 2 aliphatic rings. The van der Waals surface area contributed by atoms with Crippen LogP contribution in [0.15, 0.2) is 70.9 Å². The van der Waals surface area contributed by atoms with Crippen molar-refractivity contribution >= 4 is 22.8 Å². The summed E-state index contributed by atoms with van der Waals surface area (Å²) in [4.78, 5) is 15.1. The molecule has 1 amide bonds. The highest BCUT2D eigenvalue weighted by Crippen LogP contribution is 2.44. The number of carbonyl (C=O) groups is 1. The van der Waals surface area contributed by atoms with Crippen LogP contribution in [0.1, 0.15) is 59.7 Å². The molecule has 0 radical (unpaired) electrons. The van der Waals surface area contributed by atoms with Gasteiger partial charge in [-0.3, -0.25) is 9.69 Å². The molecule has 2 aliphatic heterocycles. The van der Waals surface area contributed by atoms with Crippen LogP contribution in [0.25, 0.3) is 17.0 Å². The van der Waals surface area contributed by atoms with Crippen LogP contribution >= 0.6 is 11.3 Å². The van der Waals surface area contributed by atoms with Gasteiger partial charge in [0, 0.05) is 36.3 Å². The molecule has 4 aromatic rings. The van der Waals surface area contributed by atoms with Crippen LogP contribution in [-0.4, -0.2) is 50.1 Å². The lowest BCUT2D eigenvalue weighted by Gasteiger charge is -2.37. The highest BCUT2D eigenvalue weighted by molar-refractivity contribution is 7.07. The molecule has 37 heavy (non-hydrogen) atoms. The van der Waals surface area contributed by atoms with Crippen LogP contribution in [0.5, 0.6) is 0 Å². The minimum absolute atomic E-state index is 0.0397. The SMILES string of the molecule is CCNC(=O)c1ccc(C(=C2C[C@H]3CC[C@@H](C2)N3Cc2ccsc2)c2cccc(-c3nn[nH]n3)c2)cc1. The number of aromatic nitrogens is 4. The maximum Gasteiger partial charge on any atom is 0.251 e. The van der Waals surface area contributed by atoms with E-state index in [9.17, 15) is 4.79 Å². The molecule has 7 nitrogen and oxygen atoms in total. The standard InChI is InChI=1S/C29H30N6OS/c1-2-30-29(36)21-8-6-20(7-9-21)27(22-4-3-5-23(14-22)28-31-33-34-32-28)24-15-25-10-11-26(16-24)35(25)17-19-12-13-37-18-19/h3-9,12-14,18,25-26H,2,10-11,15-17H2,1H3,(H,30,36)(H,31,32,33,34)/t25-,26+. The topological polar surface area (TPSA) is 86.8 Å². The van der Waals surface area contributed by atoms with Crippen molar-refractivity contribution in [2.24, 2.45) is 0 Å². The van der Waals surface area contributed by atoms with E-state index < -0.39 is 0 Å². The first-order valence-electron chi connectivity index (χ1n) is 12.9. The molecule has 2 bridgehead atoms. The molecule has 0 saturated carbocycles. The minimum atomic E-state index is -0.0397. The van der Waals surface area contributed by atoms with Crippen molar-refractivity contribution in [1.29, 1.82) is 0 Å². The third-order valence-electron chi connectivity index (χ3n) is 7.56. The van der Waals surface area contributed by atoms with Crippen LogP contribution < -0.4 is 5.32 Å². The first kappa shape index (κ1) is 23.8. The smallest absolute Gasteiger partial charge is 0.251 e. The number of carbonyl (C=O) groups excluding carboxylic acids is 1. The number of nitrogens with zero attached hydrogens (tertiary/aromatic N) is 4. The normalized spacial score (nSPS) is 20.7. The fourth-order valence-electron chi connectivity index (χ4n) is 5.88. The Bertz CT molecular complexity index is 1380. The fraction of sp³-hybridized carbons (Fsp3) is 0.310. The second kappa shape index (κ2) is 10.4. The van der Waals surface area contributed by atoms with Gasteiger partial charge in [-0.2, -0.15) is 16.6 Å². The van der Waals surface area contributed by atoms with Gasteiger partial charge in [0.1, 0.15) is 0 Å². The number of hydrogen-bond acceptors (Lipinski definition) is 6. The van der Waals surface area contributed by atoms with Crippen molar-refractivity contribution in [2.45, 2.75) is 51.2 Å². The number of fused-ring (bicyclic) bond motifs is 2. The summed E-state index contributed by atoms with van der Waals surface area (Å²) in [6.07, 6.45) is 4.59. The Morgan fingerprint density at radius 3 is 2.51 bits per heavy atom. The van der Waals surface area contributed by atoms with Crippen LogP contribution in [0.2, 0.25) is 0 Å². The molecule has 188 valence electrons. The summed E-state index contributed by atoms with van der Waals surface area (Å²) in [5.74, 6) is 0.547. The first-order valence-corrected chi connectivity index (χ1v) is 13.9. The summed E-state index contributed by atoms with van der Waals surface area (Å²) in [6, 6.07) is 19.8. The first-order chi connectivity index (χ1) is 18.2. The molecule has 0 unspecified atom stereocenters. The molecular formula is C29H30N6OS. The van der Waals surface area contributed by atoms with Gasteiger partial charge in [-0.1, -0.05) is 35.9 Å². The van der Waals surface area contributed by atoms with E-state index in [-0.39, 0.29) is 5.91 Å². The molecule has 2 fully saturated rings. The molecule has 2 atom stereocenters. The van der Waals surface area contributed by atoms with Crippen molar-refractivity contribution in [3.63, 3.8) is 0 Å². The second-order valence-corrected chi connectivity index (χ2v) is 10.6. The molecule has 2 N–H and O–H groups in total. The zero-order valence-electron chi connectivity index (χ0n) is 20.9. The van der Waals surface area contributed by atoms with Gasteiger partial charge in [-0.25, -0.2) is 0 Å². The van der Waals surface area contributed by atoms with E-state index in [1.54, 1.807) is 11.3 Å². The van der Waals surface area contributed by atoms with E-state index in [4.69, 9.17) is 0 Å². The Kier molecular flexibility index (Phi) is 6.68. The van der Waals surface area contributed by atoms with Crippen LogP contribution in [-0.2, 0) is 6.54 Å². The Morgan fingerprint density at radius 2 is 1.84 bits per heavy atom. The van der Waals surface area contributed by atoms with Crippen LogP contribution in [0.3, 0.4) is 0 Å². The Morgan fingerprint density at radius 1 is 1.05 bits per heavy atom. The molecule has 6 rings (SSSR count). The number of tetrazole rings is 1. The zero-order valence-corrected chi connectivity index (χ0v) is 21.7. The quantitative estimate of drug-likeness (QED) is 0.352. The largest absolute Gasteiger partial charge is 0.352 e. The average Bonchev–Trinajstić information content (AvgIpc) is 3.68. The molecule has 2 saturated heterocycles. The third kappa shape index (κ3) is 4.86. The number of rotatable bonds is 7. The predicted molar refractivity (Wildman–Crippen MR) is 146 cm³/mol. The molecule has 0 aliphatic carbocycles. The van der Waals surface area contributed by atoms with Gasteiger partial charge in [-0.15, -0.1) is 10.2 Å². The number of hydrogen-bond donors (Lipinski definition) is 2. The summed E-state index contributed by atoms with van der Waals surface area (Å²) in [7, 11) is 0. The van der Waals surface area contributed by atoms with E-state index >= 15 is 0 Å². The van der Waals surface area contributed by atoms with Crippen molar-refractivity contribution in [3.05, 3.63) is 93.2 Å². The Hall–Kier alpha value is -3.62. The maximum atomic E-state index is 12.4. The highest BCUT2D eigenvalue weighted by atomic mass is 32.1. The van der Waals surface area contributed by atoms with Crippen molar-refractivity contribution in [2.75, 3.05) is 6.54 Å². The van der Waals surface area contributed by atoms with E-state index in [2.05, 4.69) is 78.0 Å². The van der Waals surface area contributed by atoms with Gasteiger partial charge in [0.25, 0.3) is 5.91 Å². The summed E-state index contributed by atoms with van der Waals surface area (Å²) in [5.41, 5.74) is 8.07. The van der Waals surface area contributed by atoms with Gasteiger partial charge in [0.05, 0.1) is 0 Å². The summed E-state index contributed by atoms with van der Waals surface area (Å²) in [5, 5.41) is 22.0. The van der Waals surface area contributed by atoms with E-state index in [0.717, 1.165) is 36.1 Å². The van der Waals surface area contributed by atoms with Gasteiger partial charge < -0.3 is 5.32 Å². The van der Waals surface area contributed by atoms with Gasteiger partial charge in [-0.05, 0) is 95.1 Å². The molecule has 0 spiro atoms. The lowest BCUT2D eigenvalue weighted by Crippen LogP contribution is -2.40. The number of piperidine rings is 1. The van der Waals surface area contributed by atoms with Crippen molar-refractivity contribution in [3.8, 4) is 11.4 Å². The molecular weight excluding hydrogens is 480 g/mol. The molecule has 8 heteroatoms. The van der Waals surface area contributed by atoms with Gasteiger partial charge in [0.2, 0.25) is 5.82 Å². The molecule has 4 heterocycles.